The Morgan fingerprint density at radius 1 is 1.56 bits per heavy atom. The average Bonchev–Trinajstić information content (AvgIpc) is 2.31. The molecule has 2 heterocycles. The highest BCUT2D eigenvalue weighted by Gasteiger charge is 2.26. The number of hydrogen-bond acceptors (Lipinski definition) is 3. The lowest BCUT2D eigenvalue weighted by Gasteiger charge is -2.31. The van der Waals surface area contributed by atoms with E-state index in [9.17, 15) is 9.90 Å². The van der Waals surface area contributed by atoms with E-state index < -0.39 is 6.09 Å². The summed E-state index contributed by atoms with van der Waals surface area (Å²) >= 11 is 0. The zero-order valence-electron chi connectivity index (χ0n) is 8.97. The largest absolute Gasteiger partial charge is 0.465 e. The molecular weight excluding hydrogens is 206 g/mol. The predicted octanol–water partition coefficient (Wildman–Crippen LogP) is 1.32. The van der Waals surface area contributed by atoms with E-state index in [2.05, 4.69) is 10.3 Å². The monoisotopic (exact) mass is 221 g/mol. The molecule has 1 amide bonds. The number of rotatable bonds is 2. The Morgan fingerprint density at radius 2 is 2.44 bits per heavy atom. The first-order chi connectivity index (χ1) is 7.79. The van der Waals surface area contributed by atoms with Crippen LogP contribution < -0.4 is 10.2 Å². The third kappa shape index (κ3) is 2.30. The van der Waals surface area contributed by atoms with Gasteiger partial charge in [0.2, 0.25) is 0 Å². The van der Waals surface area contributed by atoms with Gasteiger partial charge in [-0.25, -0.2) is 9.78 Å². The summed E-state index contributed by atoms with van der Waals surface area (Å²) in [5.74, 6) is 0.503. The summed E-state index contributed by atoms with van der Waals surface area (Å²) in [6, 6.07) is 5.29. The molecule has 5 heteroatoms. The molecule has 1 aliphatic heterocycles. The van der Waals surface area contributed by atoms with Crippen LogP contribution in [0.3, 0.4) is 0 Å². The zero-order valence-corrected chi connectivity index (χ0v) is 8.97. The molecule has 1 aromatic rings. The van der Waals surface area contributed by atoms with E-state index in [1.54, 1.807) is 24.4 Å². The summed E-state index contributed by atoms with van der Waals surface area (Å²) in [4.78, 5) is 16.7. The summed E-state index contributed by atoms with van der Waals surface area (Å²) in [6.07, 6.45) is 2.56. The molecule has 0 spiro atoms. The van der Waals surface area contributed by atoms with Crippen LogP contribution in [0, 0.1) is 0 Å². The summed E-state index contributed by atoms with van der Waals surface area (Å²) in [7, 11) is 0. The number of amides is 1. The highest BCUT2D eigenvalue weighted by molar-refractivity contribution is 5.85. The second-order valence-corrected chi connectivity index (χ2v) is 3.84. The molecular formula is C11H15N3O2. The van der Waals surface area contributed by atoms with Gasteiger partial charge in [-0.1, -0.05) is 6.07 Å². The van der Waals surface area contributed by atoms with Gasteiger partial charge < -0.3 is 10.4 Å². The van der Waals surface area contributed by atoms with Crippen LogP contribution in [0.4, 0.5) is 10.6 Å². The fourth-order valence-electron chi connectivity index (χ4n) is 1.99. The van der Waals surface area contributed by atoms with Crippen molar-refractivity contribution >= 4 is 11.9 Å². The van der Waals surface area contributed by atoms with E-state index in [4.69, 9.17) is 0 Å². The third-order valence-electron chi connectivity index (χ3n) is 2.74. The summed E-state index contributed by atoms with van der Waals surface area (Å²) in [5, 5.41) is 12.4. The minimum absolute atomic E-state index is 0.0128. The molecule has 0 saturated carbocycles. The summed E-state index contributed by atoms with van der Waals surface area (Å²) < 4.78 is 0. The van der Waals surface area contributed by atoms with Crippen molar-refractivity contribution < 1.29 is 9.90 Å². The highest BCUT2D eigenvalue weighted by Crippen LogP contribution is 2.18. The zero-order chi connectivity index (χ0) is 11.4. The van der Waals surface area contributed by atoms with Crippen molar-refractivity contribution in [2.45, 2.75) is 18.9 Å². The van der Waals surface area contributed by atoms with Crippen LogP contribution in [0.1, 0.15) is 12.8 Å². The van der Waals surface area contributed by atoms with Crippen molar-refractivity contribution in [2.75, 3.05) is 18.0 Å². The van der Waals surface area contributed by atoms with Crippen LogP contribution in [-0.4, -0.2) is 35.3 Å². The average molecular weight is 221 g/mol. The fraction of sp³-hybridized carbons (Fsp3) is 0.455. The van der Waals surface area contributed by atoms with Crippen LogP contribution in [-0.2, 0) is 0 Å². The Labute approximate surface area is 94.1 Å². The standard InChI is InChI=1S/C11H15N3O2/c15-11(16)14(9-4-3-6-12-8-9)10-5-1-2-7-13-10/h1-2,5,7,9,12H,3-4,6,8H2,(H,15,16). The van der Waals surface area contributed by atoms with Crippen molar-refractivity contribution in [3.05, 3.63) is 24.4 Å². The SMILES string of the molecule is O=C(O)N(c1ccccn1)C1CCCNC1. The molecule has 2 N–H and O–H groups in total. The molecule has 1 aliphatic rings. The maximum absolute atomic E-state index is 11.3. The molecule has 1 fully saturated rings. The minimum atomic E-state index is -0.938. The normalized spacial score (nSPS) is 20.4. The number of pyridine rings is 1. The Hall–Kier alpha value is -1.62. The molecule has 86 valence electrons. The van der Waals surface area contributed by atoms with Crippen molar-refractivity contribution in [3.8, 4) is 0 Å². The Balaban J connectivity index is 2.20. The van der Waals surface area contributed by atoms with Crippen molar-refractivity contribution in [1.29, 1.82) is 0 Å². The molecule has 1 atom stereocenters. The molecule has 1 unspecified atom stereocenters. The van der Waals surface area contributed by atoms with Crippen LogP contribution in [0.25, 0.3) is 0 Å². The Kier molecular flexibility index (Phi) is 3.36. The highest BCUT2D eigenvalue weighted by atomic mass is 16.4. The quantitative estimate of drug-likeness (QED) is 0.790. The number of aromatic nitrogens is 1. The van der Waals surface area contributed by atoms with Crippen LogP contribution in [0.2, 0.25) is 0 Å². The molecule has 0 radical (unpaired) electrons. The minimum Gasteiger partial charge on any atom is -0.465 e. The number of carbonyl (C=O) groups is 1. The maximum atomic E-state index is 11.3. The van der Waals surface area contributed by atoms with Crippen molar-refractivity contribution in [3.63, 3.8) is 0 Å². The second-order valence-electron chi connectivity index (χ2n) is 3.84. The molecule has 5 nitrogen and oxygen atoms in total. The van der Waals surface area contributed by atoms with Crippen molar-refractivity contribution in [2.24, 2.45) is 0 Å². The third-order valence-corrected chi connectivity index (χ3v) is 2.74. The summed E-state index contributed by atoms with van der Waals surface area (Å²) in [6.45, 7) is 1.66. The van der Waals surface area contributed by atoms with Gasteiger partial charge in [-0.3, -0.25) is 4.90 Å². The lowest BCUT2D eigenvalue weighted by molar-refractivity contribution is 0.197. The van der Waals surface area contributed by atoms with Gasteiger partial charge in [0.25, 0.3) is 0 Å². The van der Waals surface area contributed by atoms with Gasteiger partial charge in [0.1, 0.15) is 5.82 Å². The van der Waals surface area contributed by atoms with Crippen LogP contribution >= 0.6 is 0 Å². The van der Waals surface area contributed by atoms with Gasteiger partial charge in [0, 0.05) is 12.7 Å². The van der Waals surface area contributed by atoms with Gasteiger partial charge >= 0.3 is 6.09 Å². The number of nitrogens with one attached hydrogen (secondary N) is 1. The Bertz CT molecular complexity index is 350. The lowest BCUT2D eigenvalue weighted by atomic mass is 10.1. The number of piperidine rings is 1. The topological polar surface area (TPSA) is 65.5 Å². The van der Waals surface area contributed by atoms with E-state index >= 15 is 0 Å². The summed E-state index contributed by atoms with van der Waals surface area (Å²) in [5.41, 5.74) is 0. The van der Waals surface area contributed by atoms with E-state index in [1.807, 2.05) is 0 Å². The van der Waals surface area contributed by atoms with E-state index in [0.29, 0.717) is 12.4 Å². The molecule has 16 heavy (non-hydrogen) atoms. The fourth-order valence-corrected chi connectivity index (χ4v) is 1.99. The number of carboxylic acid groups (broad SMARTS) is 1. The van der Waals surface area contributed by atoms with E-state index in [-0.39, 0.29) is 6.04 Å². The van der Waals surface area contributed by atoms with Gasteiger partial charge in [-0.15, -0.1) is 0 Å². The van der Waals surface area contributed by atoms with Gasteiger partial charge in [0.15, 0.2) is 0 Å². The second kappa shape index (κ2) is 4.94. The molecule has 2 rings (SSSR count). The first kappa shape index (κ1) is 10.9. The van der Waals surface area contributed by atoms with Crippen LogP contribution in [0.5, 0.6) is 0 Å². The van der Waals surface area contributed by atoms with E-state index in [1.165, 1.54) is 4.90 Å². The lowest BCUT2D eigenvalue weighted by Crippen LogP contribution is -2.48. The number of nitrogens with zero attached hydrogens (tertiary/aromatic N) is 2. The molecule has 0 bridgehead atoms. The van der Waals surface area contributed by atoms with Gasteiger partial charge in [0.05, 0.1) is 6.04 Å². The molecule has 0 aromatic carbocycles. The van der Waals surface area contributed by atoms with Crippen LogP contribution in [0.15, 0.2) is 24.4 Å². The maximum Gasteiger partial charge on any atom is 0.413 e. The first-order valence-electron chi connectivity index (χ1n) is 5.43. The van der Waals surface area contributed by atoms with Crippen molar-refractivity contribution in [1.82, 2.24) is 10.3 Å². The van der Waals surface area contributed by atoms with Gasteiger partial charge in [-0.05, 0) is 31.5 Å². The molecule has 1 aromatic heterocycles. The predicted molar refractivity (Wildman–Crippen MR) is 60.6 cm³/mol. The molecule has 0 aliphatic carbocycles. The first-order valence-corrected chi connectivity index (χ1v) is 5.43. The smallest absolute Gasteiger partial charge is 0.413 e. The number of hydrogen-bond donors (Lipinski definition) is 2. The Morgan fingerprint density at radius 3 is 3.00 bits per heavy atom. The number of anilines is 1. The molecule has 1 saturated heterocycles. The van der Waals surface area contributed by atoms with E-state index in [0.717, 1.165) is 19.4 Å². The van der Waals surface area contributed by atoms with Gasteiger partial charge in [-0.2, -0.15) is 0 Å².